The molecule has 8 nitrogen and oxygen atoms in total. The van der Waals surface area contributed by atoms with E-state index in [0.29, 0.717) is 24.3 Å². The number of nitrogens with zero attached hydrogens (tertiary/aromatic N) is 2. The Kier molecular flexibility index (Phi) is 4.65. The van der Waals surface area contributed by atoms with Gasteiger partial charge in [0, 0.05) is 30.8 Å². The fourth-order valence-electron chi connectivity index (χ4n) is 2.51. The maximum Gasteiger partial charge on any atom is 0.253 e. The van der Waals surface area contributed by atoms with Gasteiger partial charge < -0.3 is 15.2 Å². The van der Waals surface area contributed by atoms with E-state index in [1.165, 1.54) is 30.5 Å². The van der Waals surface area contributed by atoms with Gasteiger partial charge in [-0.2, -0.15) is 0 Å². The molecule has 1 aromatic heterocycles. The summed E-state index contributed by atoms with van der Waals surface area (Å²) in [5.41, 5.74) is 6.73. The van der Waals surface area contributed by atoms with E-state index in [4.69, 9.17) is 5.73 Å². The summed E-state index contributed by atoms with van der Waals surface area (Å²) in [7, 11) is -3.68. The van der Waals surface area contributed by atoms with Gasteiger partial charge in [-0.1, -0.05) is 5.16 Å². The standard InChI is InChI=1S/C15H18N4O4S/c16-12-5-7-19(10-12)15(20)11-1-3-14(4-2-11)24(21,22)17-9-13-6-8-23-18-13/h1-4,6,8,12,17H,5,7,9-10,16H2/t12-/m1/s1. The number of rotatable bonds is 5. The number of benzene rings is 1. The van der Waals surface area contributed by atoms with Crippen LogP contribution in [0.1, 0.15) is 22.5 Å². The van der Waals surface area contributed by atoms with Crippen LogP contribution in [0.25, 0.3) is 0 Å². The molecule has 128 valence electrons. The first-order chi connectivity index (χ1) is 11.5. The predicted molar refractivity (Wildman–Crippen MR) is 85.5 cm³/mol. The van der Waals surface area contributed by atoms with Crippen molar-refractivity contribution in [2.75, 3.05) is 13.1 Å². The van der Waals surface area contributed by atoms with Crippen LogP contribution in [0, 0.1) is 0 Å². The van der Waals surface area contributed by atoms with Crippen molar-refractivity contribution in [2.24, 2.45) is 5.73 Å². The minimum atomic E-state index is -3.68. The van der Waals surface area contributed by atoms with E-state index in [2.05, 4.69) is 14.4 Å². The van der Waals surface area contributed by atoms with Gasteiger partial charge in [0.15, 0.2) is 0 Å². The van der Waals surface area contributed by atoms with Crippen molar-refractivity contribution >= 4 is 15.9 Å². The van der Waals surface area contributed by atoms with Crippen LogP contribution in [0.3, 0.4) is 0 Å². The molecule has 0 aliphatic carbocycles. The zero-order valence-corrected chi connectivity index (χ0v) is 13.7. The van der Waals surface area contributed by atoms with E-state index in [0.717, 1.165) is 6.42 Å². The van der Waals surface area contributed by atoms with Crippen molar-refractivity contribution in [3.05, 3.63) is 47.9 Å². The monoisotopic (exact) mass is 350 g/mol. The molecule has 24 heavy (non-hydrogen) atoms. The van der Waals surface area contributed by atoms with Gasteiger partial charge in [-0.15, -0.1) is 0 Å². The molecule has 0 spiro atoms. The Bertz CT molecular complexity index is 803. The SMILES string of the molecule is N[C@@H]1CCN(C(=O)c2ccc(S(=O)(=O)NCc3ccon3)cc2)C1. The van der Waals surface area contributed by atoms with Gasteiger partial charge in [0.25, 0.3) is 5.91 Å². The number of likely N-dealkylation sites (tertiary alicyclic amines) is 1. The van der Waals surface area contributed by atoms with Gasteiger partial charge in [0.2, 0.25) is 10.0 Å². The Balaban J connectivity index is 1.68. The molecule has 1 aliphatic heterocycles. The van der Waals surface area contributed by atoms with Crippen molar-refractivity contribution < 1.29 is 17.7 Å². The molecule has 0 saturated carbocycles. The normalized spacial score (nSPS) is 18.0. The highest BCUT2D eigenvalue weighted by Crippen LogP contribution is 2.15. The number of nitrogens with one attached hydrogen (secondary N) is 1. The zero-order valence-electron chi connectivity index (χ0n) is 12.9. The maximum atomic E-state index is 12.3. The number of carbonyl (C=O) groups excluding carboxylic acids is 1. The van der Waals surface area contributed by atoms with Gasteiger partial charge >= 0.3 is 0 Å². The highest BCUT2D eigenvalue weighted by atomic mass is 32.2. The van der Waals surface area contributed by atoms with Crippen LogP contribution >= 0.6 is 0 Å². The van der Waals surface area contributed by atoms with Gasteiger partial charge in [-0.05, 0) is 30.7 Å². The number of hydrogen-bond donors (Lipinski definition) is 2. The third-order valence-electron chi connectivity index (χ3n) is 3.86. The van der Waals surface area contributed by atoms with E-state index >= 15 is 0 Å². The van der Waals surface area contributed by atoms with Crippen molar-refractivity contribution in [2.45, 2.75) is 23.9 Å². The summed E-state index contributed by atoms with van der Waals surface area (Å²) in [6.07, 6.45) is 2.15. The predicted octanol–water partition coefficient (Wildman–Crippen LogP) is 0.326. The van der Waals surface area contributed by atoms with Crippen molar-refractivity contribution in [3.8, 4) is 0 Å². The molecule has 2 aromatic rings. The summed E-state index contributed by atoms with van der Waals surface area (Å²) < 4.78 is 31.5. The molecule has 1 amide bonds. The lowest BCUT2D eigenvalue weighted by molar-refractivity contribution is 0.0791. The molecule has 3 N–H and O–H groups in total. The minimum Gasteiger partial charge on any atom is -0.364 e. The van der Waals surface area contributed by atoms with Crippen LogP contribution in [0.2, 0.25) is 0 Å². The Morgan fingerprint density at radius 3 is 2.67 bits per heavy atom. The summed E-state index contributed by atoms with van der Waals surface area (Å²) in [5, 5.41) is 3.64. The van der Waals surface area contributed by atoms with Crippen LogP contribution in [0.15, 0.2) is 46.0 Å². The molecule has 1 saturated heterocycles. The Labute approximate surface area is 139 Å². The van der Waals surface area contributed by atoms with E-state index in [1.807, 2.05) is 0 Å². The van der Waals surface area contributed by atoms with Gasteiger partial charge in [0.1, 0.15) is 6.26 Å². The van der Waals surface area contributed by atoms with Crippen LogP contribution in [0.4, 0.5) is 0 Å². The van der Waals surface area contributed by atoms with E-state index < -0.39 is 10.0 Å². The number of carbonyl (C=O) groups is 1. The Hall–Kier alpha value is -2.23. The van der Waals surface area contributed by atoms with E-state index in [9.17, 15) is 13.2 Å². The second-order valence-electron chi connectivity index (χ2n) is 5.64. The van der Waals surface area contributed by atoms with Crippen LogP contribution in [-0.4, -0.2) is 43.5 Å². The average Bonchev–Trinajstić information content (AvgIpc) is 3.24. The average molecular weight is 350 g/mol. The lowest BCUT2D eigenvalue weighted by Crippen LogP contribution is -2.31. The molecule has 3 rings (SSSR count). The summed E-state index contributed by atoms with van der Waals surface area (Å²) in [5.74, 6) is -0.137. The number of sulfonamides is 1. The van der Waals surface area contributed by atoms with Gasteiger partial charge in [0.05, 0.1) is 17.1 Å². The fraction of sp³-hybridized carbons (Fsp3) is 0.333. The maximum absolute atomic E-state index is 12.3. The molecule has 0 radical (unpaired) electrons. The van der Waals surface area contributed by atoms with Gasteiger partial charge in [-0.3, -0.25) is 4.79 Å². The largest absolute Gasteiger partial charge is 0.364 e. The summed E-state index contributed by atoms with van der Waals surface area (Å²) in [4.78, 5) is 14.1. The van der Waals surface area contributed by atoms with Crippen molar-refractivity contribution in [3.63, 3.8) is 0 Å². The minimum absolute atomic E-state index is 0.00864. The van der Waals surface area contributed by atoms with Crippen molar-refractivity contribution in [1.29, 1.82) is 0 Å². The molecule has 1 aromatic carbocycles. The Morgan fingerprint density at radius 2 is 2.08 bits per heavy atom. The molecule has 1 atom stereocenters. The number of aromatic nitrogens is 1. The molecular formula is C15H18N4O4S. The molecular weight excluding hydrogens is 332 g/mol. The first-order valence-corrected chi connectivity index (χ1v) is 8.98. The second kappa shape index (κ2) is 6.71. The fourth-order valence-corrected chi connectivity index (χ4v) is 3.51. The summed E-state index contributed by atoms with van der Waals surface area (Å²) >= 11 is 0. The molecule has 1 aliphatic rings. The van der Waals surface area contributed by atoms with Crippen LogP contribution in [-0.2, 0) is 16.6 Å². The quantitative estimate of drug-likeness (QED) is 0.802. The molecule has 0 bridgehead atoms. The molecule has 1 fully saturated rings. The molecule has 9 heteroatoms. The first-order valence-electron chi connectivity index (χ1n) is 7.49. The number of nitrogens with two attached hydrogens (primary N) is 1. The first kappa shape index (κ1) is 16.6. The highest BCUT2D eigenvalue weighted by Gasteiger charge is 2.25. The number of hydrogen-bond acceptors (Lipinski definition) is 6. The highest BCUT2D eigenvalue weighted by molar-refractivity contribution is 7.89. The smallest absolute Gasteiger partial charge is 0.253 e. The lowest BCUT2D eigenvalue weighted by atomic mass is 10.2. The van der Waals surface area contributed by atoms with Crippen LogP contribution in [0.5, 0.6) is 0 Å². The summed E-state index contributed by atoms with van der Waals surface area (Å²) in [6, 6.07) is 7.43. The summed E-state index contributed by atoms with van der Waals surface area (Å²) in [6.45, 7) is 1.18. The third-order valence-corrected chi connectivity index (χ3v) is 5.28. The molecule has 0 unspecified atom stereocenters. The third kappa shape index (κ3) is 3.64. The van der Waals surface area contributed by atoms with Gasteiger partial charge in [-0.25, -0.2) is 13.1 Å². The van der Waals surface area contributed by atoms with Crippen LogP contribution < -0.4 is 10.5 Å². The lowest BCUT2D eigenvalue weighted by Gasteiger charge is -2.16. The topological polar surface area (TPSA) is 119 Å². The van der Waals surface area contributed by atoms with Crippen molar-refractivity contribution in [1.82, 2.24) is 14.8 Å². The molecule has 2 heterocycles. The van der Waals surface area contributed by atoms with E-state index in [-0.39, 0.29) is 23.4 Å². The zero-order chi connectivity index (χ0) is 17.2. The Morgan fingerprint density at radius 1 is 1.33 bits per heavy atom. The second-order valence-corrected chi connectivity index (χ2v) is 7.41. The number of amides is 1. The van der Waals surface area contributed by atoms with E-state index in [1.54, 1.807) is 11.0 Å².